The molecule has 0 fully saturated rings. The van der Waals surface area contributed by atoms with Crippen molar-refractivity contribution in [2.45, 2.75) is 64.8 Å². The summed E-state index contributed by atoms with van der Waals surface area (Å²) in [4.78, 5) is 11.6. The van der Waals surface area contributed by atoms with Gasteiger partial charge in [0.05, 0.1) is 24.4 Å². The number of hydrogen-bond donors (Lipinski definition) is 2. The van der Waals surface area contributed by atoms with Crippen LogP contribution in [0.4, 0.5) is 0 Å². The predicted molar refractivity (Wildman–Crippen MR) is 72.4 cm³/mol. The predicted octanol–water partition coefficient (Wildman–Crippen LogP) is 1.06. The molecule has 0 spiro atoms. The molecule has 0 heterocycles. The van der Waals surface area contributed by atoms with Crippen LogP contribution in [0, 0.1) is 0 Å². The third-order valence-electron chi connectivity index (χ3n) is 2.71. The molecule has 0 rings (SSSR count). The molecule has 3 N–H and O–H groups in total. The van der Waals surface area contributed by atoms with Crippen LogP contribution < -0.4 is 11.1 Å². The zero-order chi connectivity index (χ0) is 14.3. The first-order chi connectivity index (χ1) is 8.21. The van der Waals surface area contributed by atoms with Crippen molar-refractivity contribution in [1.82, 2.24) is 5.32 Å². The molecule has 0 saturated heterocycles. The van der Waals surface area contributed by atoms with E-state index >= 15 is 0 Å². The summed E-state index contributed by atoms with van der Waals surface area (Å²) < 4.78 is 10.8. The quantitative estimate of drug-likeness (QED) is 0.650. The van der Waals surface area contributed by atoms with Gasteiger partial charge in [0.25, 0.3) is 0 Å². The summed E-state index contributed by atoms with van der Waals surface area (Å²) in [5, 5.41) is 3.21. The number of nitrogens with one attached hydrogen (secondary N) is 1. The highest BCUT2D eigenvalue weighted by Crippen LogP contribution is 2.16. The van der Waals surface area contributed by atoms with Crippen LogP contribution in [-0.4, -0.2) is 43.4 Å². The third kappa shape index (κ3) is 6.33. The van der Waals surface area contributed by atoms with Crippen LogP contribution in [-0.2, 0) is 14.3 Å². The highest BCUT2D eigenvalue weighted by molar-refractivity contribution is 5.84. The molecule has 5 nitrogen and oxygen atoms in total. The molecular weight excluding hydrogens is 232 g/mol. The second-order valence-corrected chi connectivity index (χ2v) is 5.41. The maximum absolute atomic E-state index is 11.6. The Hall–Kier alpha value is -0.650. The van der Waals surface area contributed by atoms with E-state index in [4.69, 9.17) is 15.2 Å². The summed E-state index contributed by atoms with van der Waals surface area (Å²) in [5.41, 5.74) is 4.73. The molecule has 108 valence electrons. The van der Waals surface area contributed by atoms with Gasteiger partial charge in [0, 0.05) is 19.6 Å². The lowest BCUT2D eigenvalue weighted by Crippen LogP contribution is -2.57. The average Bonchev–Trinajstić information content (AvgIpc) is 2.15. The fourth-order valence-electron chi connectivity index (χ4n) is 2.16. The van der Waals surface area contributed by atoms with E-state index < -0.39 is 5.54 Å². The van der Waals surface area contributed by atoms with Crippen molar-refractivity contribution in [3.63, 3.8) is 0 Å². The standard InChI is InChI=1S/C13H28N2O3/c1-9(2)15-13(5,12(14)16)7-10(3)18-11(4)8-17-6/h9-11,15H,7-8H2,1-6H3,(H2,14,16). The summed E-state index contributed by atoms with van der Waals surface area (Å²) in [5.74, 6) is -0.356. The summed E-state index contributed by atoms with van der Waals surface area (Å²) in [6.45, 7) is 10.2. The second kappa shape index (κ2) is 7.71. The van der Waals surface area contributed by atoms with Crippen molar-refractivity contribution in [3.05, 3.63) is 0 Å². The van der Waals surface area contributed by atoms with Crippen LogP contribution in [0.5, 0.6) is 0 Å². The third-order valence-corrected chi connectivity index (χ3v) is 2.71. The van der Waals surface area contributed by atoms with Gasteiger partial charge in [-0.05, 0) is 34.6 Å². The van der Waals surface area contributed by atoms with Crippen LogP contribution in [0.15, 0.2) is 0 Å². The van der Waals surface area contributed by atoms with E-state index in [-0.39, 0.29) is 24.2 Å². The molecule has 3 unspecified atom stereocenters. The minimum Gasteiger partial charge on any atom is -0.382 e. The SMILES string of the molecule is COCC(C)OC(C)CC(C)(NC(C)C)C(N)=O. The number of rotatable bonds is 9. The van der Waals surface area contributed by atoms with E-state index in [0.29, 0.717) is 13.0 Å². The molecule has 0 aliphatic carbocycles. The Kier molecular flexibility index (Phi) is 7.43. The van der Waals surface area contributed by atoms with Gasteiger partial charge in [0.15, 0.2) is 0 Å². The molecule has 0 aromatic carbocycles. The molecular formula is C13H28N2O3. The van der Waals surface area contributed by atoms with E-state index in [1.165, 1.54) is 0 Å². The van der Waals surface area contributed by atoms with Gasteiger partial charge >= 0.3 is 0 Å². The van der Waals surface area contributed by atoms with Crippen molar-refractivity contribution in [2.75, 3.05) is 13.7 Å². The number of ether oxygens (including phenoxy) is 2. The minimum atomic E-state index is -0.750. The van der Waals surface area contributed by atoms with Gasteiger partial charge in [0.2, 0.25) is 5.91 Å². The van der Waals surface area contributed by atoms with Crippen molar-refractivity contribution in [1.29, 1.82) is 0 Å². The Morgan fingerprint density at radius 2 is 1.83 bits per heavy atom. The van der Waals surface area contributed by atoms with Crippen LogP contribution in [0.3, 0.4) is 0 Å². The van der Waals surface area contributed by atoms with Gasteiger partial charge in [-0.25, -0.2) is 0 Å². The van der Waals surface area contributed by atoms with E-state index in [1.807, 2.05) is 34.6 Å². The van der Waals surface area contributed by atoms with Crippen LogP contribution in [0.25, 0.3) is 0 Å². The Morgan fingerprint density at radius 3 is 2.22 bits per heavy atom. The molecule has 0 aliphatic heterocycles. The van der Waals surface area contributed by atoms with E-state index in [0.717, 1.165) is 0 Å². The number of carbonyl (C=O) groups excluding carboxylic acids is 1. The smallest absolute Gasteiger partial charge is 0.237 e. The molecule has 3 atom stereocenters. The Labute approximate surface area is 110 Å². The molecule has 0 aromatic rings. The number of methoxy groups -OCH3 is 1. The molecule has 0 radical (unpaired) electrons. The Morgan fingerprint density at radius 1 is 1.28 bits per heavy atom. The molecule has 0 bridgehead atoms. The van der Waals surface area contributed by atoms with E-state index in [9.17, 15) is 4.79 Å². The van der Waals surface area contributed by atoms with Crippen molar-refractivity contribution >= 4 is 5.91 Å². The van der Waals surface area contributed by atoms with Crippen molar-refractivity contribution < 1.29 is 14.3 Å². The number of carbonyl (C=O) groups is 1. The largest absolute Gasteiger partial charge is 0.382 e. The fraction of sp³-hybridized carbons (Fsp3) is 0.923. The van der Waals surface area contributed by atoms with Gasteiger partial charge in [-0.2, -0.15) is 0 Å². The molecule has 18 heavy (non-hydrogen) atoms. The van der Waals surface area contributed by atoms with Crippen molar-refractivity contribution in [2.24, 2.45) is 5.73 Å². The summed E-state index contributed by atoms with van der Waals surface area (Å²) in [7, 11) is 1.64. The van der Waals surface area contributed by atoms with Crippen LogP contribution in [0.2, 0.25) is 0 Å². The van der Waals surface area contributed by atoms with Crippen LogP contribution >= 0.6 is 0 Å². The lowest BCUT2D eigenvalue weighted by atomic mass is 9.93. The summed E-state index contributed by atoms with van der Waals surface area (Å²) in [6, 6.07) is 0.186. The summed E-state index contributed by atoms with van der Waals surface area (Å²) >= 11 is 0. The lowest BCUT2D eigenvalue weighted by molar-refractivity contribution is -0.126. The lowest BCUT2D eigenvalue weighted by Gasteiger charge is -2.33. The number of nitrogens with two attached hydrogens (primary N) is 1. The first kappa shape index (κ1) is 17.4. The van der Waals surface area contributed by atoms with Gasteiger partial charge in [-0.3, -0.25) is 4.79 Å². The molecule has 0 aromatic heterocycles. The molecule has 5 heteroatoms. The average molecular weight is 260 g/mol. The fourth-order valence-corrected chi connectivity index (χ4v) is 2.16. The van der Waals surface area contributed by atoms with Gasteiger partial charge in [0.1, 0.15) is 0 Å². The highest BCUT2D eigenvalue weighted by atomic mass is 16.5. The summed E-state index contributed by atoms with van der Waals surface area (Å²) in [6.07, 6.45) is 0.467. The number of amides is 1. The Bertz CT molecular complexity index is 259. The number of primary amides is 1. The first-order valence-electron chi connectivity index (χ1n) is 6.43. The van der Waals surface area contributed by atoms with Gasteiger partial charge in [-0.15, -0.1) is 0 Å². The van der Waals surface area contributed by atoms with Gasteiger partial charge in [-0.1, -0.05) is 0 Å². The Balaban J connectivity index is 4.45. The van der Waals surface area contributed by atoms with Gasteiger partial charge < -0.3 is 20.5 Å². The maximum Gasteiger partial charge on any atom is 0.237 e. The molecule has 0 aliphatic rings. The monoisotopic (exact) mass is 260 g/mol. The maximum atomic E-state index is 11.6. The first-order valence-corrected chi connectivity index (χ1v) is 6.43. The molecule has 1 amide bonds. The van der Waals surface area contributed by atoms with Crippen LogP contribution in [0.1, 0.15) is 41.0 Å². The topological polar surface area (TPSA) is 73.6 Å². The second-order valence-electron chi connectivity index (χ2n) is 5.41. The highest BCUT2D eigenvalue weighted by Gasteiger charge is 2.33. The normalized spacial score (nSPS) is 18.4. The zero-order valence-corrected chi connectivity index (χ0v) is 12.4. The van der Waals surface area contributed by atoms with Crippen molar-refractivity contribution in [3.8, 4) is 0 Å². The van der Waals surface area contributed by atoms with E-state index in [1.54, 1.807) is 7.11 Å². The van der Waals surface area contributed by atoms with E-state index in [2.05, 4.69) is 5.32 Å². The zero-order valence-electron chi connectivity index (χ0n) is 12.4. The number of hydrogen-bond acceptors (Lipinski definition) is 4. The molecule has 0 saturated carbocycles. The minimum absolute atomic E-state index is 0.00109.